The number of likely N-dealkylation sites (tertiary alicyclic amines) is 2. The maximum atomic E-state index is 12.4. The fourth-order valence-electron chi connectivity index (χ4n) is 3.34. The van der Waals surface area contributed by atoms with E-state index in [2.05, 4.69) is 9.88 Å². The molecule has 1 aromatic heterocycles. The summed E-state index contributed by atoms with van der Waals surface area (Å²) in [7, 11) is 0. The molecule has 1 amide bonds. The molecule has 3 heterocycles. The highest BCUT2D eigenvalue weighted by Gasteiger charge is 2.26. The second-order valence-electron chi connectivity index (χ2n) is 6.09. The van der Waals surface area contributed by atoms with Crippen LogP contribution in [0.3, 0.4) is 0 Å². The lowest BCUT2D eigenvalue weighted by molar-refractivity contribution is 0.0667. The number of piperidine rings is 1. The largest absolute Gasteiger partial charge is 0.337 e. The molecule has 114 valence electrons. The van der Waals surface area contributed by atoms with Crippen LogP contribution in [0.25, 0.3) is 0 Å². The van der Waals surface area contributed by atoms with Gasteiger partial charge < -0.3 is 9.80 Å². The third-order valence-electron chi connectivity index (χ3n) is 4.55. The van der Waals surface area contributed by atoms with Gasteiger partial charge >= 0.3 is 0 Å². The summed E-state index contributed by atoms with van der Waals surface area (Å²) in [5.74, 6) is 0.747. The van der Waals surface area contributed by atoms with Gasteiger partial charge in [0.25, 0.3) is 5.91 Å². The van der Waals surface area contributed by atoms with Crippen LogP contribution in [-0.4, -0.2) is 53.4 Å². The van der Waals surface area contributed by atoms with Crippen molar-refractivity contribution in [3.8, 4) is 0 Å². The zero-order chi connectivity index (χ0) is 14.7. The van der Waals surface area contributed by atoms with Crippen LogP contribution in [0.5, 0.6) is 0 Å². The Hall–Kier alpha value is -1.13. The first-order valence-electron chi connectivity index (χ1n) is 7.86. The lowest BCUT2D eigenvalue weighted by atomic mass is 9.96. The molecule has 4 nitrogen and oxygen atoms in total. The number of hydrogen-bond donors (Lipinski definition) is 0. The molecule has 0 N–H and O–H groups in total. The summed E-state index contributed by atoms with van der Waals surface area (Å²) in [6, 6.07) is 5.22. The molecule has 0 aromatic carbocycles. The van der Waals surface area contributed by atoms with Crippen molar-refractivity contribution in [3.05, 3.63) is 29.0 Å². The van der Waals surface area contributed by atoms with Gasteiger partial charge in [0.05, 0.1) is 0 Å². The van der Waals surface area contributed by atoms with Crippen molar-refractivity contribution >= 4 is 17.5 Å². The Bertz CT molecular complexity index is 494. The minimum absolute atomic E-state index is 0.0112. The number of nitrogens with zero attached hydrogens (tertiary/aromatic N) is 3. The molecule has 1 aromatic rings. The van der Waals surface area contributed by atoms with E-state index in [0.29, 0.717) is 10.8 Å². The van der Waals surface area contributed by atoms with E-state index < -0.39 is 0 Å². The second kappa shape index (κ2) is 6.75. The number of halogens is 1. The average molecular weight is 308 g/mol. The maximum Gasteiger partial charge on any atom is 0.272 e. The molecular weight excluding hydrogens is 286 g/mol. The van der Waals surface area contributed by atoms with Gasteiger partial charge in [-0.1, -0.05) is 17.7 Å². The van der Waals surface area contributed by atoms with Gasteiger partial charge in [-0.25, -0.2) is 4.98 Å². The molecule has 0 bridgehead atoms. The highest BCUT2D eigenvalue weighted by atomic mass is 35.5. The zero-order valence-corrected chi connectivity index (χ0v) is 13.1. The lowest BCUT2D eigenvalue weighted by Gasteiger charge is -2.33. The van der Waals surface area contributed by atoms with Crippen LogP contribution in [-0.2, 0) is 0 Å². The standard InChI is InChI=1S/C16H22ClN3O/c17-15-5-3-4-14(18-15)16(21)20-10-6-13(7-11-20)12-19-8-1-2-9-19/h3-5,13H,1-2,6-12H2. The molecule has 0 spiro atoms. The van der Waals surface area contributed by atoms with E-state index in [-0.39, 0.29) is 5.91 Å². The van der Waals surface area contributed by atoms with E-state index in [4.69, 9.17) is 11.6 Å². The Morgan fingerprint density at radius 3 is 2.57 bits per heavy atom. The van der Waals surface area contributed by atoms with Gasteiger partial charge in [0.2, 0.25) is 0 Å². The molecular formula is C16H22ClN3O. The van der Waals surface area contributed by atoms with Crippen molar-refractivity contribution in [1.29, 1.82) is 0 Å². The molecule has 2 fully saturated rings. The van der Waals surface area contributed by atoms with Gasteiger partial charge in [0.15, 0.2) is 0 Å². The number of rotatable bonds is 3. The number of aromatic nitrogens is 1. The quantitative estimate of drug-likeness (QED) is 0.806. The average Bonchev–Trinajstić information content (AvgIpc) is 3.00. The monoisotopic (exact) mass is 307 g/mol. The normalized spacial score (nSPS) is 20.9. The van der Waals surface area contributed by atoms with Crippen molar-refractivity contribution in [2.24, 2.45) is 5.92 Å². The number of pyridine rings is 1. The predicted molar refractivity (Wildman–Crippen MR) is 83.5 cm³/mol. The lowest BCUT2D eigenvalue weighted by Crippen LogP contribution is -2.41. The van der Waals surface area contributed by atoms with Crippen LogP contribution in [0, 0.1) is 5.92 Å². The van der Waals surface area contributed by atoms with Gasteiger partial charge in [0, 0.05) is 19.6 Å². The van der Waals surface area contributed by atoms with Crippen molar-refractivity contribution < 1.29 is 4.79 Å². The van der Waals surface area contributed by atoms with Gasteiger partial charge in [-0.05, 0) is 56.8 Å². The van der Waals surface area contributed by atoms with Crippen molar-refractivity contribution in [1.82, 2.24) is 14.8 Å². The number of amides is 1. The third kappa shape index (κ3) is 3.74. The Labute approximate surface area is 131 Å². The minimum Gasteiger partial charge on any atom is -0.337 e. The van der Waals surface area contributed by atoms with Crippen LogP contribution in [0.1, 0.15) is 36.2 Å². The van der Waals surface area contributed by atoms with E-state index in [1.165, 1.54) is 32.5 Å². The molecule has 2 aliphatic rings. The van der Waals surface area contributed by atoms with E-state index in [1.807, 2.05) is 4.90 Å². The highest BCUT2D eigenvalue weighted by Crippen LogP contribution is 2.21. The smallest absolute Gasteiger partial charge is 0.272 e. The fourth-order valence-corrected chi connectivity index (χ4v) is 3.50. The first-order valence-corrected chi connectivity index (χ1v) is 8.24. The first kappa shape index (κ1) is 14.8. The Morgan fingerprint density at radius 2 is 1.90 bits per heavy atom. The molecule has 0 radical (unpaired) electrons. The molecule has 0 aliphatic carbocycles. The second-order valence-corrected chi connectivity index (χ2v) is 6.48. The SMILES string of the molecule is O=C(c1cccc(Cl)n1)N1CCC(CN2CCCC2)CC1. The van der Waals surface area contributed by atoms with Crippen LogP contribution in [0.15, 0.2) is 18.2 Å². The summed E-state index contributed by atoms with van der Waals surface area (Å²) in [6.07, 6.45) is 4.89. The highest BCUT2D eigenvalue weighted by molar-refractivity contribution is 6.29. The summed E-state index contributed by atoms with van der Waals surface area (Å²) in [5, 5.41) is 0.379. The molecule has 21 heavy (non-hydrogen) atoms. The summed E-state index contributed by atoms with van der Waals surface area (Å²) < 4.78 is 0. The molecule has 0 unspecified atom stereocenters. The first-order chi connectivity index (χ1) is 10.2. The minimum atomic E-state index is 0.0112. The maximum absolute atomic E-state index is 12.4. The van der Waals surface area contributed by atoms with Crippen LogP contribution in [0.2, 0.25) is 5.15 Å². The Morgan fingerprint density at radius 1 is 1.19 bits per heavy atom. The number of carbonyl (C=O) groups excluding carboxylic acids is 1. The van der Waals surface area contributed by atoms with E-state index in [0.717, 1.165) is 31.8 Å². The predicted octanol–water partition coefficient (Wildman–Crippen LogP) is 2.68. The molecule has 3 rings (SSSR count). The van der Waals surface area contributed by atoms with Gasteiger partial charge in [0.1, 0.15) is 10.8 Å². The van der Waals surface area contributed by atoms with Crippen LogP contribution < -0.4 is 0 Å². The van der Waals surface area contributed by atoms with Gasteiger partial charge in [-0.3, -0.25) is 4.79 Å². The van der Waals surface area contributed by atoms with Gasteiger partial charge in [-0.15, -0.1) is 0 Å². The third-order valence-corrected chi connectivity index (χ3v) is 4.76. The Kier molecular flexibility index (Phi) is 4.76. The summed E-state index contributed by atoms with van der Waals surface area (Å²) in [4.78, 5) is 21.0. The molecule has 5 heteroatoms. The molecule has 0 saturated carbocycles. The van der Waals surface area contributed by atoms with E-state index >= 15 is 0 Å². The van der Waals surface area contributed by atoms with E-state index in [9.17, 15) is 4.79 Å². The summed E-state index contributed by atoms with van der Waals surface area (Å²) in [5.41, 5.74) is 0.459. The van der Waals surface area contributed by atoms with Gasteiger partial charge in [-0.2, -0.15) is 0 Å². The molecule has 2 aliphatic heterocycles. The molecule has 0 atom stereocenters. The number of carbonyl (C=O) groups is 1. The number of hydrogen-bond acceptors (Lipinski definition) is 3. The molecule has 2 saturated heterocycles. The van der Waals surface area contributed by atoms with Crippen molar-refractivity contribution in [3.63, 3.8) is 0 Å². The van der Waals surface area contributed by atoms with E-state index in [1.54, 1.807) is 18.2 Å². The fraction of sp³-hybridized carbons (Fsp3) is 0.625. The Balaban J connectivity index is 1.52. The summed E-state index contributed by atoms with van der Waals surface area (Å²) >= 11 is 5.86. The van der Waals surface area contributed by atoms with Crippen LogP contribution in [0.4, 0.5) is 0 Å². The summed E-state index contributed by atoms with van der Waals surface area (Å²) in [6.45, 7) is 5.39. The topological polar surface area (TPSA) is 36.4 Å². The zero-order valence-electron chi connectivity index (χ0n) is 12.3. The van der Waals surface area contributed by atoms with Crippen molar-refractivity contribution in [2.75, 3.05) is 32.7 Å². The van der Waals surface area contributed by atoms with Crippen molar-refractivity contribution in [2.45, 2.75) is 25.7 Å². The van der Waals surface area contributed by atoms with Crippen LogP contribution >= 0.6 is 11.6 Å².